The van der Waals surface area contributed by atoms with Gasteiger partial charge in [-0.1, -0.05) is 48.5 Å². The molecule has 0 aromatic heterocycles. The van der Waals surface area contributed by atoms with E-state index in [4.69, 9.17) is 24.1 Å². The molecule has 2 aliphatic rings. The molecule has 8 nitrogen and oxygen atoms in total. The summed E-state index contributed by atoms with van der Waals surface area (Å²) in [6, 6.07) is 17.7. The van der Waals surface area contributed by atoms with Gasteiger partial charge in [0.2, 0.25) is 0 Å². The van der Waals surface area contributed by atoms with Gasteiger partial charge in [-0.25, -0.2) is 4.79 Å². The lowest BCUT2D eigenvalue weighted by Gasteiger charge is -2.45. The summed E-state index contributed by atoms with van der Waals surface area (Å²) in [4.78, 5) is 10.2. The third-order valence-electron chi connectivity index (χ3n) is 4.66. The SMILES string of the molecule is COC1OC2COC(c3ccccc3)OC2C(O)C1O.O=C(O)c1ccccc1. The van der Waals surface area contributed by atoms with Crippen LogP contribution < -0.4 is 0 Å². The van der Waals surface area contributed by atoms with Crippen LogP contribution in [0.4, 0.5) is 0 Å². The molecule has 0 radical (unpaired) electrons. The number of hydrogen-bond donors (Lipinski definition) is 3. The molecule has 6 unspecified atom stereocenters. The Balaban J connectivity index is 0.000000224. The minimum atomic E-state index is -1.14. The van der Waals surface area contributed by atoms with Gasteiger partial charge in [0.05, 0.1) is 12.2 Å². The molecule has 156 valence electrons. The van der Waals surface area contributed by atoms with E-state index in [0.29, 0.717) is 5.56 Å². The van der Waals surface area contributed by atoms with E-state index in [1.54, 1.807) is 30.3 Å². The molecule has 0 aliphatic carbocycles. The monoisotopic (exact) mass is 404 g/mol. The summed E-state index contributed by atoms with van der Waals surface area (Å²) in [7, 11) is 1.41. The third kappa shape index (κ3) is 5.18. The molecule has 0 amide bonds. The van der Waals surface area contributed by atoms with Gasteiger partial charge in [-0.3, -0.25) is 0 Å². The average molecular weight is 404 g/mol. The van der Waals surface area contributed by atoms with Crippen molar-refractivity contribution < 1.29 is 39.1 Å². The Labute approximate surface area is 168 Å². The molecule has 2 fully saturated rings. The molecule has 2 aliphatic heterocycles. The fourth-order valence-corrected chi connectivity index (χ4v) is 3.13. The van der Waals surface area contributed by atoms with Gasteiger partial charge in [0.1, 0.15) is 24.4 Å². The minimum absolute atomic E-state index is 0.272. The zero-order chi connectivity index (χ0) is 20.8. The number of ether oxygens (including phenoxy) is 4. The van der Waals surface area contributed by atoms with Crippen molar-refractivity contribution >= 4 is 5.97 Å². The molecule has 3 N–H and O–H groups in total. The van der Waals surface area contributed by atoms with Gasteiger partial charge >= 0.3 is 5.97 Å². The van der Waals surface area contributed by atoms with E-state index in [-0.39, 0.29) is 6.61 Å². The van der Waals surface area contributed by atoms with E-state index < -0.39 is 43.0 Å². The summed E-state index contributed by atoms with van der Waals surface area (Å²) in [5.41, 5.74) is 1.19. The van der Waals surface area contributed by atoms with Gasteiger partial charge in [-0.2, -0.15) is 0 Å². The van der Waals surface area contributed by atoms with E-state index >= 15 is 0 Å². The third-order valence-corrected chi connectivity index (χ3v) is 4.66. The van der Waals surface area contributed by atoms with Crippen LogP contribution in [-0.4, -0.2) is 65.7 Å². The Hall–Kier alpha value is -2.33. The maximum atomic E-state index is 10.2. The molecule has 29 heavy (non-hydrogen) atoms. The molecular weight excluding hydrogens is 380 g/mol. The van der Waals surface area contributed by atoms with Gasteiger partial charge < -0.3 is 34.3 Å². The van der Waals surface area contributed by atoms with Gasteiger partial charge in [-0.05, 0) is 12.1 Å². The average Bonchev–Trinajstić information content (AvgIpc) is 2.77. The fourth-order valence-electron chi connectivity index (χ4n) is 3.13. The van der Waals surface area contributed by atoms with Crippen LogP contribution in [0.5, 0.6) is 0 Å². The lowest BCUT2D eigenvalue weighted by atomic mass is 9.98. The van der Waals surface area contributed by atoms with Crippen LogP contribution >= 0.6 is 0 Å². The molecular formula is C21H24O8. The predicted molar refractivity (Wildman–Crippen MR) is 101 cm³/mol. The van der Waals surface area contributed by atoms with E-state index in [0.717, 1.165) is 5.56 Å². The molecule has 2 heterocycles. The van der Waals surface area contributed by atoms with Crippen molar-refractivity contribution in [2.24, 2.45) is 0 Å². The summed E-state index contributed by atoms with van der Waals surface area (Å²) >= 11 is 0. The highest BCUT2D eigenvalue weighted by Crippen LogP contribution is 2.34. The number of benzene rings is 2. The highest BCUT2D eigenvalue weighted by Gasteiger charge is 2.48. The zero-order valence-corrected chi connectivity index (χ0v) is 15.8. The van der Waals surface area contributed by atoms with Crippen LogP contribution in [0.3, 0.4) is 0 Å². The zero-order valence-electron chi connectivity index (χ0n) is 15.8. The van der Waals surface area contributed by atoms with Gasteiger partial charge in [-0.15, -0.1) is 0 Å². The number of carboxylic acid groups (broad SMARTS) is 1. The summed E-state index contributed by atoms with van der Waals surface area (Å²) in [6.07, 6.45) is -4.76. The van der Waals surface area contributed by atoms with E-state index in [9.17, 15) is 15.0 Å². The predicted octanol–water partition coefficient (Wildman–Crippen LogP) is 1.58. The number of methoxy groups -OCH3 is 1. The Bertz CT molecular complexity index is 767. The first-order valence-corrected chi connectivity index (χ1v) is 9.16. The number of aliphatic hydroxyl groups excluding tert-OH is 2. The fraction of sp³-hybridized carbons (Fsp3) is 0.381. The quantitative estimate of drug-likeness (QED) is 0.706. The topological polar surface area (TPSA) is 115 Å². The Morgan fingerprint density at radius 3 is 2.14 bits per heavy atom. The minimum Gasteiger partial charge on any atom is -0.478 e. The van der Waals surface area contributed by atoms with Crippen LogP contribution in [-0.2, 0) is 18.9 Å². The molecule has 8 heteroatoms. The molecule has 2 aromatic rings. The number of hydrogen-bond acceptors (Lipinski definition) is 7. The van der Waals surface area contributed by atoms with Crippen molar-refractivity contribution in [2.75, 3.05) is 13.7 Å². The lowest BCUT2D eigenvalue weighted by Crippen LogP contribution is -2.62. The summed E-state index contributed by atoms with van der Waals surface area (Å²) in [5, 5.41) is 28.4. The van der Waals surface area contributed by atoms with Crippen molar-refractivity contribution in [1.29, 1.82) is 0 Å². The Morgan fingerprint density at radius 1 is 0.966 bits per heavy atom. The molecule has 2 aromatic carbocycles. The number of carbonyl (C=O) groups is 1. The van der Waals surface area contributed by atoms with Crippen LogP contribution in [0.25, 0.3) is 0 Å². The first kappa shape index (κ1) is 21.4. The standard InChI is InChI=1S/C14H18O6.C7H6O2/c1-17-14-11(16)10(15)12-9(19-14)7-18-13(20-12)8-5-3-2-4-6-8;8-7(9)6-4-2-1-3-5-6/h2-6,9-16H,7H2,1H3;1-5H,(H,8,9). The molecule has 0 bridgehead atoms. The number of aliphatic hydroxyl groups is 2. The van der Waals surface area contributed by atoms with Crippen LogP contribution in [0, 0.1) is 0 Å². The van der Waals surface area contributed by atoms with Gasteiger partial charge in [0, 0.05) is 12.7 Å². The number of aromatic carboxylic acids is 1. The van der Waals surface area contributed by atoms with E-state index in [1.807, 2.05) is 30.3 Å². The lowest BCUT2D eigenvalue weighted by molar-refractivity contribution is -0.358. The molecule has 0 spiro atoms. The van der Waals surface area contributed by atoms with Crippen molar-refractivity contribution in [2.45, 2.75) is 37.0 Å². The summed E-state index contributed by atoms with van der Waals surface area (Å²) < 4.78 is 21.9. The first-order valence-electron chi connectivity index (χ1n) is 9.16. The smallest absolute Gasteiger partial charge is 0.335 e. The van der Waals surface area contributed by atoms with Crippen molar-refractivity contribution in [3.63, 3.8) is 0 Å². The van der Waals surface area contributed by atoms with Gasteiger partial charge in [0.15, 0.2) is 12.6 Å². The maximum absolute atomic E-state index is 10.2. The number of carboxylic acids is 1. The van der Waals surface area contributed by atoms with Crippen LogP contribution in [0.2, 0.25) is 0 Å². The van der Waals surface area contributed by atoms with Crippen LogP contribution in [0.15, 0.2) is 60.7 Å². The van der Waals surface area contributed by atoms with Gasteiger partial charge in [0.25, 0.3) is 0 Å². The first-order chi connectivity index (χ1) is 14.0. The largest absolute Gasteiger partial charge is 0.478 e. The van der Waals surface area contributed by atoms with Crippen molar-refractivity contribution in [1.82, 2.24) is 0 Å². The number of fused-ring (bicyclic) bond motifs is 1. The van der Waals surface area contributed by atoms with Crippen LogP contribution in [0.1, 0.15) is 22.2 Å². The summed E-state index contributed by atoms with van der Waals surface area (Å²) in [6.45, 7) is 0.272. The summed E-state index contributed by atoms with van der Waals surface area (Å²) in [5.74, 6) is -0.879. The Morgan fingerprint density at radius 2 is 1.59 bits per heavy atom. The molecule has 6 atom stereocenters. The highest BCUT2D eigenvalue weighted by molar-refractivity contribution is 5.87. The molecule has 2 saturated heterocycles. The second kappa shape index (κ2) is 9.93. The normalized spacial score (nSPS) is 31.1. The Kier molecular flexibility index (Phi) is 7.32. The second-order valence-corrected chi connectivity index (χ2v) is 6.61. The molecule has 4 rings (SSSR count). The van der Waals surface area contributed by atoms with E-state index in [1.165, 1.54) is 7.11 Å². The maximum Gasteiger partial charge on any atom is 0.335 e. The van der Waals surface area contributed by atoms with E-state index in [2.05, 4.69) is 0 Å². The second-order valence-electron chi connectivity index (χ2n) is 6.61. The molecule has 0 saturated carbocycles. The van der Waals surface area contributed by atoms with Crippen molar-refractivity contribution in [3.05, 3.63) is 71.8 Å². The highest BCUT2D eigenvalue weighted by atomic mass is 16.7. The number of rotatable bonds is 3. The van der Waals surface area contributed by atoms with Crippen molar-refractivity contribution in [3.8, 4) is 0 Å².